The van der Waals surface area contributed by atoms with E-state index in [4.69, 9.17) is 4.43 Å². The smallest absolute Gasteiger partial charge is 0.330 e. The van der Waals surface area contributed by atoms with E-state index in [1.807, 2.05) is 91.0 Å². The van der Waals surface area contributed by atoms with Gasteiger partial charge in [0.1, 0.15) is 0 Å². The number of carbonyl (C=O) groups is 1. The summed E-state index contributed by atoms with van der Waals surface area (Å²) in [5, 5.41) is 2.12. The number of esters is 1. The Morgan fingerprint density at radius 2 is 1.48 bits per heavy atom. The Balaban J connectivity index is 2.10. The molecule has 4 nitrogen and oxygen atoms in total. The van der Waals surface area contributed by atoms with E-state index in [1.165, 1.54) is 13.2 Å². The maximum Gasteiger partial charge on any atom is 0.330 e. The number of unbranched alkanes of at least 4 members (excludes halogenated alkanes) is 1. The van der Waals surface area contributed by atoms with Crippen molar-refractivity contribution in [1.29, 1.82) is 0 Å². The fourth-order valence-corrected chi connectivity index (χ4v) is 7.54. The second-order valence-electron chi connectivity index (χ2n) is 11.4. The second kappa shape index (κ2) is 15.0. The molecule has 0 spiro atoms. The molecule has 0 atom stereocenters. The number of hydrogen-bond acceptors (Lipinski definition) is 4. The SMILES string of the molecule is COC(=O)/C=C/CCC#Cc1ccccc1C=C=C(CO[Si](C)(C)C(C)(C)C)P(=O)(c1ccccc1)c1ccccc1. The molecule has 3 aromatic carbocycles. The normalized spacial score (nSPS) is 11.8. The molecule has 0 amide bonds. The highest BCUT2D eigenvalue weighted by atomic mass is 31.2. The zero-order valence-corrected chi connectivity index (χ0v) is 27.4. The molecule has 6 heteroatoms. The average molecular weight is 597 g/mol. The molecule has 3 aromatic rings. The monoisotopic (exact) mass is 596 g/mol. The van der Waals surface area contributed by atoms with Gasteiger partial charge in [-0.05, 0) is 42.3 Å². The Bertz CT molecular complexity index is 1500. The highest BCUT2D eigenvalue weighted by Gasteiger charge is 2.39. The molecule has 42 heavy (non-hydrogen) atoms. The molecule has 0 aliphatic rings. The van der Waals surface area contributed by atoms with E-state index in [1.54, 1.807) is 6.08 Å². The zero-order valence-electron chi connectivity index (χ0n) is 25.5. The third-order valence-corrected chi connectivity index (χ3v) is 15.0. The molecule has 0 aliphatic heterocycles. The summed E-state index contributed by atoms with van der Waals surface area (Å²) < 4.78 is 26.6. The molecule has 0 heterocycles. The first-order valence-electron chi connectivity index (χ1n) is 14.1. The maximum absolute atomic E-state index is 15.3. The van der Waals surface area contributed by atoms with Crippen molar-refractivity contribution in [3.63, 3.8) is 0 Å². The van der Waals surface area contributed by atoms with Crippen LogP contribution in [0, 0.1) is 11.8 Å². The van der Waals surface area contributed by atoms with Gasteiger partial charge in [0.2, 0.25) is 0 Å². The van der Waals surface area contributed by atoms with Gasteiger partial charge in [-0.25, -0.2) is 4.79 Å². The Morgan fingerprint density at radius 3 is 2.05 bits per heavy atom. The van der Waals surface area contributed by atoms with Crippen LogP contribution in [0.3, 0.4) is 0 Å². The van der Waals surface area contributed by atoms with Crippen LogP contribution >= 0.6 is 7.14 Å². The van der Waals surface area contributed by atoms with Crippen LogP contribution in [0.5, 0.6) is 0 Å². The zero-order chi connectivity index (χ0) is 30.6. The van der Waals surface area contributed by atoms with Crippen LogP contribution in [-0.2, 0) is 18.5 Å². The van der Waals surface area contributed by atoms with E-state index in [0.717, 1.165) is 21.7 Å². The predicted octanol–water partition coefficient (Wildman–Crippen LogP) is 8.08. The largest absolute Gasteiger partial charge is 0.466 e. The molecule has 3 rings (SSSR count). The molecule has 218 valence electrons. The van der Waals surface area contributed by atoms with Crippen LogP contribution in [0.25, 0.3) is 6.08 Å². The van der Waals surface area contributed by atoms with Crippen molar-refractivity contribution in [2.75, 3.05) is 13.7 Å². The topological polar surface area (TPSA) is 52.6 Å². The van der Waals surface area contributed by atoms with E-state index in [2.05, 4.69) is 56.2 Å². The second-order valence-corrected chi connectivity index (χ2v) is 19.0. The van der Waals surface area contributed by atoms with Gasteiger partial charge in [-0.15, -0.1) is 5.73 Å². The van der Waals surface area contributed by atoms with Crippen molar-refractivity contribution in [1.82, 2.24) is 0 Å². The first kappa shape index (κ1) is 32.9. The van der Waals surface area contributed by atoms with E-state index < -0.39 is 15.5 Å². The molecule has 0 fully saturated rings. The van der Waals surface area contributed by atoms with Gasteiger partial charge >= 0.3 is 5.97 Å². The molecular formula is C36H41O4PSi. The lowest BCUT2D eigenvalue weighted by atomic mass is 10.1. The van der Waals surface area contributed by atoms with Crippen molar-refractivity contribution in [3.8, 4) is 11.8 Å². The summed E-state index contributed by atoms with van der Waals surface area (Å²) in [5.41, 5.74) is 5.19. The lowest BCUT2D eigenvalue weighted by Crippen LogP contribution is -2.41. The number of carbonyl (C=O) groups excluding carboxylic acids is 1. The fourth-order valence-electron chi connectivity index (χ4n) is 3.88. The quantitative estimate of drug-likeness (QED) is 0.0452. The summed E-state index contributed by atoms with van der Waals surface area (Å²) in [4.78, 5) is 11.3. The summed E-state index contributed by atoms with van der Waals surface area (Å²) >= 11 is 0. The maximum atomic E-state index is 15.3. The third kappa shape index (κ3) is 8.68. The number of methoxy groups -OCH3 is 1. The van der Waals surface area contributed by atoms with Crippen molar-refractivity contribution >= 4 is 38.1 Å². The molecule has 0 radical (unpaired) electrons. The van der Waals surface area contributed by atoms with Crippen molar-refractivity contribution in [2.24, 2.45) is 0 Å². The molecule has 0 saturated carbocycles. The molecule has 0 N–H and O–H groups in total. The van der Waals surface area contributed by atoms with Gasteiger partial charge in [-0.3, -0.25) is 0 Å². The van der Waals surface area contributed by atoms with Crippen LogP contribution in [0.15, 0.2) is 108 Å². The Morgan fingerprint density at radius 1 is 0.905 bits per heavy atom. The van der Waals surface area contributed by atoms with Crippen LogP contribution in [0.2, 0.25) is 18.1 Å². The predicted molar refractivity (Wildman–Crippen MR) is 178 cm³/mol. The van der Waals surface area contributed by atoms with Crippen molar-refractivity contribution in [2.45, 2.75) is 51.7 Å². The highest BCUT2D eigenvalue weighted by Crippen LogP contribution is 2.52. The number of hydrogen-bond donors (Lipinski definition) is 0. The summed E-state index contributed by atoms with van der Waals surface area (Å²) in [7, 11) is -4.08. The van der Waals surface area contributed by atoms with E-state index in [9.17, 15) is 4.79 Å². The fraction of sp³-hybridized carbons (Fsp3) is 0.278. The standard InChI is InChI=1S/C36H41O4PSi/c1-36(2,3)42(5,6)40-29-34(41(38,32-22-12-9-13-23-32)33-24-14-10-15-25-33)28-27-31-21-18-17-20-30(31)19-11-7-8-16-26-35(37)39-4/h9-10,12-18,20-27H,7-8,29H2,1-6H3/b26-16+. The van der Waals surface area contributed by atoms with Gasteiger partial charge in [-0.1, -0.05) is 118 Å². The number of benzene rings is 3. The summed E-state index contributed by atoms with van der Waals surface area (Å²) in [5.74, 6) is 6.05. The van der Waals surface area contributed by atoms with Gasteiger partial charge in [0.25, 0.3) is 0 Å². The first-order chi connectivity index (χ1) is 20.0. The molecule has 0 aromatic heterocycles. The number of ether oxygens (including phenoxy) is 1. The van der Waals surface area contributed by atoms with E-state index in [0.29, 0.717) is 18.2 Å². The van der Waals surface area contributed by atoms with Gasteiger partial charge in [-0.2, -0.15) is 0 Å². The third-order valence-electron chi connectivity index (χ3n) is 7.46. The summed E-state index contributed by atoms with van der Waals surface area (Å²) in [6.07, 6.45) is 6.29. The lowest BCUT2D eigenvalue weighted by Gasteiger charge is -2.36. The molecule has 0 saturated heterocycles. The highest BCUT2D eigenvalue weighted by molar-refractivity contribution is 7.82. The Hall–Kier alpha value is -3.64. The molecule has 0 unspecified atom stereocenters. The van der Waals surface area contributed by atoms with E-state index >= 15 is 4.57 Å². The van der Waals surface area contributed by atoms with E-state index in [-0.39, 0.29) is 17.6 Å². The van der Waals surface area contributed by atoms with Crippen LogP contribution in [-0.4, -0.2) is 28.0 Å². The van der Waals surface area contributed by atoms with Crippen LogP contribution in [0.4, 0.5) is 0 Å². The molecule has 0 bridgehead atoms. The summed E-state index contributed by atoms with van der Waals surface area (Å²) in [6, 6.07) is 27.1. The first-order valence-corrected chi connectivity index (χ1v) is 18.7. The minimum absolute atomic E-state index is 0.000460. The average Bonchev–Trinajstić information content (AvgIpc) is 2.99. The van der Waals surface area contributed by atoms with Gasteiger partial charge in [0.05, 0.1) is 19.0 Å². The number of allylic oxidation sites excluding steroid dienone is 1. The van der Waals surface area contributed by atoms with Gasteiger partial charge < -0.3 is 13.7 Å². The minimum atomic E-state index is -3.28. The van der Waals surface area contributed by atoms with Gasteiger partial charge in [0, 0.05) is 28.7 Å². The van der Waals surface area contributed by atoms with Crippen molar-refractivity contribution < 1.29 is 18.5 Å². The number of rotatable bonds is 10. The van der Waals surface area contributed by atoms with Crippen LogP contribution < -0.4 is 10.6 Å². The van der Waals surface area contributed by atoms with Gasteiger partial charge in [0.15, 0.2) is 15.5 Å². The Kier molecular flexibility index (Phi) is 11.7. The molecular weight excluding hydrogens is 555 g/mol. The minimum Gasteiger partial charge on any atom is -0.466 e. The van der Waals surface area contributed by atoms with Crippen LogP contribution in [0.1, 0.15) is 44.7 Å². The van der Waals surface area contributed by atoms with Crippen molar-refractivity contribution in [3.05, 3.63) is 119 Å². The Labute approximate surface area is 252 Å². The lowest BCUT2D eigenvalue weighted by molar-refractivity contribution is -0.134. The summed E-state index contributed by atoms with van der Waals surface area (Å²) in [6.45, 7) is 11.2. The molecule has 0 aliphatic carbocycles.